The molecular formula is C16H16Cl2N2O3S. The molecule has 2 aromatic rings. The van der Waals surface area contributed by atoms with E-state index in [0.717, 1.165) is 10.6 Å². The fourth-order valence-electron chi connectivity index (χ4n) is 2.03. The molecule has 8 heteroatoms. The largest absolute Gasteiger partial charge is 0.325 e. The topological polar surface area (TPSA) is 66.5 Å². The highest BCUT2D eigenvalue weighted by atomic mass is 35.5. The first-order valence-electron chi connectivity index (χ1n) is 6.99. The second-order valence-electron chi connectivity index (χ2n) is 5.18. The van der Waals surface area contributed by atoms with Crippen molar-refractivity contribution in [3.05, 3.63) is 64.1 Å². The highest BCUT2D eigenvalue weighted by Crippen LogP contribution is 2.19. The molecule has 1 N–H and O–H groups in total. The molecular weight excluding hydrogens is 371 g/mol. The van der Waals surface area contributed by atoms with Crippen molar-refractivity contribution in [1.29, 1.82) is 0 Å². The van der Waals surface area contributed by atoms with Gasteiger partial charge in [-0.1, -0.05) is 47.5 Å². The third kappa shape index (κ3) is 5.49. The summed E-state index contributed by atoms with van der Waals surface area (Å²) in [5.74, 6) is -0.463. The Bertz CT molecular complexity index is 841. The quantitative estimate of drug-likeness (QED) is 0.826. The number of amides is 1. The summed E-state index contributed by atoms with van der Waals surface area (Å²) in [5, 5.41) is 3.54. The van der Waals surface area contributed by atoms with Gasteiger partial charge >= 0.3 is 0 Å². The van der Waals surface area contributed by atoms with Crippen molar-refractivity contribution in [2.45, 2.75) is 6.54 Å². The molecule has 0 saturated heterocycles. The lowest BCUT2D eigenvalue weighted by molar-refractivity contribution is -0.116. The molecule has 24 heavy (non-hydrogen) atoms. The van der Waals surface area contributed by atoms with Crippen molar-refractivity contribution in [1.82, 2.24) is 4.31 Å². The predicted molar refractivity (Wildman–Crippen MR) is 96.8 cm³/mol. The molecule has 0 unspecified atom stereocenters. The molecule has 128 valence electrons. The van der Waals surface area contributed by atoms with E-state index in [0.29, 0.717) is 21.3 Å². The molecule has 0 saturated carbocycles. The third-order valence-electron chi connectivity index (χ3n) is 3.20. The van der Waals surface area contributed by atoms with Crippen molar-refractivity contribution >= 4 is 44.8 Å². The Morgan fingerprint density at radius 1 is 1.12 bits per heavy atom. The van der Waals surface area contributed by atoms with Crippen molar-refractivity contribution in [3.63, 3.8) is 0 Å². The molecule has 0 bridgehead atoms. The van der Waals surface area contributed by atoms with Crippen molar-refractivity contribution in [2.75, 3.05) is 18.1 Å². The van der Waals surface area contributed by atoms with Gasteiger partial charge in [0.05, 0.1) is 12.8 Å². The van der Waals surface area contributed by atoms with Gasteiger partial charge in [0.15, 0.2) is 0 Å². The number of sulfonamides is 1. The fraction of sp³-hybridized carbons (Fsp3) is 0.188. The summed E-state index contributed by atoms with van der Waals surface area (Å²) in [7, 11) is -3.59. The molecule has 0 spiro atoms. The van der Waals surface area contributed by atoms with E-state index in [2.05, 4.69) is 5.32 Å². The highest BCUT2D eigenvalue weighted by Gasteiger charge is 2.21. The molecule has 0 aliphatic rings. The molecule has 0 fully saturated rings. The Labute approximate surface area is 151 Å². The lowest BCUT2D eigenvalue weighted by Gasteiger charge is -2.20. The third-order valence-corrected chi connectivity index (χ3v) is 5.00. The summed E-state index contributed by atoms with van der Waals surface area (Å²) in [6.07, 6.45) is 1.05. The van der Waals surface area contributed by atoms with Gasteiger partial charge in [-0.15, -0.1) is 0 Å². The van der Waals surface area contributed by atoms with Gasteiger partial charge in [0, 0.05) is 22.3 Å². The summed E-state index contributed by atoms with van der Waals surface area (Å²) >= 11 is 11.9. The Morgan fingerprint density at radius 3 is 2.46 bits per heavy atom. The van der Waals surface area contributed by atoms with Gasteiger partial charge in [-0.25, -0.2) is 8.42 Å². The predicted octanol–water partition coefficient (Wildman–Crippen LogP) is 3.39. The summed E-state index contributed by atoms with van der Waals surface area (Å²) in [6, 6.07) is 13.5. The summed E-state index contributed by atoms with van der Waals surface area (Å²) in [6.45, 7) is -0.307. The minimum atomic E-state index is -3.59. The number of nitrogens with one attached hydrogen (secondary N) is 1. The number of nitrogens with zero attached hydrogens (tertiary/aromatic N) is 1. The van der Waals surface area contributed by atoms with Crippen LogP contribution in [0.5, 0.6) is 0 Å². The van der Waals surface area contributed by atoms with Gasteiger partial charge in [-0.3, -0.25) is 4.79 Å². The first-order chi connectivity index (χ1) is 11.3. The van der Waals surface area contributed by atoms with E-state index in [1.165, 1.54) is 0 Å². The number of anilines is 1. The molecule has 1 amide bonds. The van der Waals surface area contributed by atoms with Crippen LogP contribution in [0.25, 0.3) is 0 Å². The lowest BCUT2D eigenvalue weighted by Crippen LogP contribution is -2.37. The average molecular weight is 387 g/mol. The SMILES string of the molecule is CS(=O)(=O)N(CC(=O)Nc1cccc(Cl)c1)Cc1ccccc1Cl. The minimum Gasteiger partial charge on any atom is -0.325 e. The first-order valence-corrected chi connectivity index (χ1v) is 9.60. The molecule has 0 heterocycles. The van der Waals surface area contributed by atoms with Crippen LogP contribution in [-0.2, 0) is 21.4 Å². The maximum Gasteiger partial charge on any atom is 0.239 e. The number of rotatable bonds is 6. The molecule has 0 radical (unpaired) electrons. The normalized spacial score (nSPS) is 11.5. The number of carbonyl (C=O) groups excluding carboxylic acids is 1. The number of benzene rings is 2. The van der Waals surface area contributed by atoms with Gasteiger partial charge in [0.1, 0.15) is 0 Å². The molecule has 0 aliphatic carbocycles. The molecule has 0 aromatic heterocycles. The average Bonchev–Trinajstić information content (AvgIpc) is 2.47. The zero-order chi connectivity index (χ0) is 17.7. The Balaban J connectivity index is 2.12. The molecule has 2 aromatic carbocycles. The molecule has 0 aliphatic heterocycles. The lowest BCUT2D eigenvalue weighted by atomic mass is 10.2. The first kappa shape index (κ1) is 18.7. The van der Waals surface area contributed by atoms with Crippen LogP contribution in [0, 0.1) is 0 Å². The molecule has 0 atom stereocenters. The van der Waals surface area contributed by atoms with Gasteiger partial charge in [-0.2, -0.15) is 4.31 Å². The van der Waals surface area contributed by atoms with E-state index in [9.17, 15) is 13.2 Å². The van der Waals surface area contributed by atoms with Crippen molar-refractivity contribution in [2.24, 2.45) is 0 Å². The Morgan fingerprint density at radius 2 is 1.83 bits per heavy atom. The van der Waals surface area contributed by atoms with E-state index in [4.69, 9.17) is 23.2 Å². The van der Waals surface area contributed by atoms with E-state index < -0.39 is 15.9 Å². The smallest absolute Gasteiger partial charge is 0.239 e. The second kappa shape index (κ2) is 7.98. The zero-order valence-corrected chi connectivity index (χ0v) is 15.2. The van der Waals surface area contributed by atoms with Crippen LogP contribution >= 0.6 is 23.2 Å². The standard InChI is InChI=1S/C16H16Cl2N2O3S/c1-24(22,23)20(10-12-5-2-3-8-15(12)18)11-16(21)19-14-7-4-6-13(17)9-14/h2-9H,10-11H2,1H3,(H,19,21). The van der Waals surface area contributed by atoms with Crippen LogP contribution < -0.4 is 5.32 Å². The van der Waals surface area contributed by atoms with E-state index >= 15 is 0 Å². The van der Waals surface area contributed by atoms with Crippen LogP contribution in [0.15, 0.2) is 48.5 Å². The maximum atomic E-state index is 12.2. The summed E-state index contributed by atoms with van der Waals surface area (Å²) in [4.78, 5) is 12.2. The molecule has 5 nitrogen and oxygen atoms in total. The van der Waals surface area contributed by atoms with Crippen LogP contribution in [-0.4, -0.2) is 31.4 Å². The van der Waals surface area contributed by atoms with E-state index in [1.54, 1.807) is 48.5 Å². The van der Waals surface area contributed by atoms with Crippen molar-refractivity contribution in [3.8, 4) is 0 Å². The van der Waals surface area contributed by atoms with Crippen LogP contribution in [0.1, 0.15) is 5.56 Å². The van der Waals surface area contributed by atoms with Gasteiger partial charge in [0.2, 0.25) is 15.9 Å². The molecule has 2 rings (SSSR count). The van der Waals surface area contributed by atoms with Crippen LogP contribution in [0.3, 0.4) is 0 Å². The number of hydrogen-bond acceptors (Lipinski definition) is 3. The van der Waals surface area contributed by atoms with Crippen molar-refractivity contribution < 1.29 is 13.2 Å². The summed E-state index contributed by atoms with van der Waals surface area (Å²) in [5.41, 5.74) is 1.12. The van der Waals surface area contributed by atoms with Gasteiger partial charge in [0.25, 0.3) is 0 Å². The minimum absolute atomic E-state index is 0.0153. The monoisotopic (exact) mass is 386 g/mol. The van der Waals surface area contributed by atoms with Gasteiger partial charge in [-0.05, 0) is 29.8 Å². The highest BCUT2D eigenvalue weighted by molar-refractivity contribution is 7.88. The van der Waals surface area contributed by atoms with Crippen LogP contribution in [0.4, 0.5) is 5.69 Å². The van der Waals surface area contributed by atoms with Crippen LogP contribution in [0.2, 0.25) is 10.0 Å². The van der Waals surface area contributed by atoms with Gasteiger partial charge < -0.3 is 5.32 Å². The number of carbonyl (C=O) groups is 1. The van der Waals surface area contributed by atoms with E-state index in [1.807, 2.05) is 0 Å². The Hall–Kier alpha value is -1.60. The zero-order valence-electron chi connectivity index (χ0n) is 12.9. The second-order valence-corrected chi connectivity index (χ2v) is 8.01. The van der Waals surface area contributed by atoms with E-state index in [-0.39, 0.29) is 13.1 Å². The summed E-state index contributed by atoms with van der Waals surface area (Å²) < 4.78 is 25.0. The maximum absolute atomic E-state index is 12.2. The number of hydrogen-bond donors (Lipinski definition) is 1. The number of halogens is 2. The fourth-order valence-corrected chi connectivity index (χ4v) is 3.15. The Kier molecular flexibility index (Phi) is 6.23.